The zero-order valence-electron chi connectivity index (χ0n) is 11.5. The average molecular weight is 279 g/mol. The molecule has 1 N–H and O–H groups in total. The third kappa shape index (κ3) is 2.07. The number of hydrogen-bond donors (Lipinski definition) is 1. The van der Waals surface area contributed by atoms with Gasteiger partial charge in [-0.05, 0) is 12.5 Å². The minimum atomic E-state index is -1.62. The summed E-state index contributed by atoms with van der Waals surface area (Å²) in [6, 6.07) is 9.06. The zero-order chi connectivity index (χ0) is 14.9. The Kier molecular flexibility index (Phi) is 3.79. The predicted molar refractivity (Wildman–Crippen MR) is 71.8 cm³/mol. The number of amides is 1. The van der Waals surface area contributed by atoms with Gasteiger partial charge in [0.15, 0.2) is 0 Å². The maximum atomic E-state index is 13.3. The molecule has 3 atom stereocenters. The first kappa shape index (κ1) is 14.5. The van der Waals surface area contributed by atoms with Gasteiger partial charge in [-0.1, -0.05) is 37.3 Å². The largest absolute Gasteiger partial charge is 0.481 e. The highest BCUT2D eigenvalue weighted by Crippen LogP contribution is 2.41. The molecule has 0 saturated carbocycles. The summed E-state index contributed by atoms with van der Waals surface area (Å²) in [6.45, 7) is 2.20. The molecular formula is C15H18FNO3. The van der Waals surface area contributed by atoms with Crippen LogP contribution in [0.15, 0.2) is 30.3 Å². The number of benzene rings is 1. The highest BCUT2D eigenvalue weighted by molar-refractivity contribution is 5.91. The normalized spacial score (nSPS) is 27.6. The van der Waals surface area contributed by atoms with Crippen LogP contribution in [0.5, 0.6) is 0 Å². The Balaban J connectivity index is 2.31. The van der Waals surface area contributed by atoms with E-state index >= 15 is 0 Å². The van der Waals surface area contributed by atoms with Crippen molar-refractivity contribution in [2.45, 2.75) is 19.9 Å². The molecule has 1 amide bonds. The van der Waals surface area contributed by atoms with E-state index in [-0.39, 0.29) is 18.5 Å². The first-order valence-corrected chi connectivity index (χ1v) is 6.59. The number of carbonyl (C=O) groups is 2. The van der Waals surface area contributed by atoms with Crippen LogP contribution in [0, 0.1) is 11.3 Å². The lowest BCUT2D eigenvalue weighted by atomic mass is 9.80. The van der Waals surface area contributed by atoms with Crippen LogP contribution in [-0.2, 0) is 9.59 Å². The molecule has 4 nitrogen and oxygen atoms in total. The van der Waals surface area contributed by atoms with E-state index in [1.165, 1.54) is 11.8 Å². The van der Waals surface area contributed by atoms with Gasteiger partial charge >= 0.3 is 5.97 Å². The van der Waals surface area contributed by atoms with Crippen LogP contribution in [0.4, 0.5) is 4.39 Å². The summed E-state index contributed by atoms with van der Waals surface area (Å²) < 4.78 is 13.3. The van der Waals surface area contributed by atoms with E-state index in [9.17, 15) is 19.1 Å². The van der Waals surface area contributed by atoms with Gasteiger partial charge in [-0.25, -0.2) is 4.39 Å². The number of rotatable bonds is 4. The zero-order valence-corrected chi connectivity index (χ0v) is 11.5. The highest BCUT2D eigenvalue weighted by atomic mass is 19.1. The van der Waals surface area contributed by atoms with E-state index in [1.54, 1.807) is 0 Å². The molecular weight excluding hydrogens is 261 g/mol. The molecule has 1 aromatic rings. The quantitative estimate of drug-likeness (QED) is 0.919. The lowest BCUT2D eigenvalue weighted by molar-refractivity contribution is -0.152. The van der Waals surface area contributed by atoms with Gasteiger partial charge in [0.25, 0.3) is 0 Å². The van der Waals surface area contributed by atoms with Crippen LogP contribution in [0.1, 0.15) is 25.5 Å². The fraction of sp³-hybridized carbons (Fsp3) is 0.467. The second-order valence-electron chi connectivity index (χ2n) is 5.37. The third-order valence-corrected chi connectivity index (χ3v) is 4.35. The lowest BCUT2D eigenvalue weighted by Crippen LogP contribution is -2.40. The number of carboxylic acid groups (broad SMARTS) is 1. The van der Waals surface area contributed by atoms with E-state index in [0.29, 0.717) is 0 Å². The molecule has 5 heteroatoms. The molecule has 108 valence electrons. The number of carbonyl (C=O) groups excluding carboxylic acids is 1. The van der Waals surface area contributed by atoms with Crippen LogP contribution in [0.2, 0.25) is 0 Å². The molecule has 1 saturated heterocycles. The molecule has 0 aliphatic carbocycles. The van der Waals surface area contributed by atoms with Gasteiger partial charge in [0.2, 0.25) is 5.91 Å². The summed E-state index contributed by atoms with van der Waals surface area (Å²) in [4.78, 5) is 25.2. The number of aliphatic carboxylic acids is 1. The highest BCUT2D eigenvalue weighted by Gasteiger charge is 2.56. The van der Waals surface area contributed by atoms with E-state index in [2.05, 4.69) is 0 Å². The topological polar surface area (TPSA) is 57.6 Å². The molecule has 1 unspecified atom stereocenters. The van der Waals surface area contributed by atoms with Crippen LogP contribution < -0.4 is 0 Å². The van der Waals surface area contributed by atoms with Gasteiger partial charge in [-0.15, -0.1) is 0 Å². The molecule has 0 bridgehead atoms. The summed E-state index contributed by atoms with van der Waals surface area (Å²) >= 11 is 0. The Hall–Kier alpha value is -1.91. The molecule has 0 radical (unpaired) electrons. The van der Waals surface area contributed by atoms with E-state index in [0.717, 1.165) is 5.56 Å². The lowest BCUT2D eigenvalue weighted by Gasteiger charge is -2.27. The second kappa shape index (κ2) is 5.23. The number of alkyl halides is 1. The molecule has 1 aliphatic heterocycles. The van der Waals surface area contributed by atoms with E-state index in [1.807, 2.05) is 37.3 Å². The maximum absolute atomic E-state index is 13.3. The monoisotopic (exact) mass is 279 g/mol. The van der Waals surface area contributed by atoms with E-state index < -0.39 is 24.0 Å². The van der Waals surface area contributed by atoms with Crippen LogP contribution in [-0.4, -0.2) is 35.1 Å². The van der Waals surface area contributed by atoms with Crippen molar-refractivity contribution in [3.05, 3.63) is 35.9 Å². The van der Waals surface area contributed by atoms with Gasteiger partial charge < -0.3 is 10.0 Å². The minimum absolute atomic E-state index is 0.0884. The van der Waals surface area contributed by atoms with Crippen molar-refractivity contribution < 1.29 is 19.1 Å². The van der Waals surface area contributed by atoms with Crippen molar-refractivity contribution in [3.63, 3.8) is 0 Å². The molecule has 20 heavy (non-hydrogen) atoms. The Labute approximate surface area is 117 Å². The smallest absolute Gasteiger partial charge is 0.314 e. The summed E-state index contributed by atoms with van der Waals surface area (Å²) in [6.07, 6.45) is 0. The van der Waals surface area contributed by atoms with Crippen molar-refractivity contribution >= 4 is 11.9 Å². The van der Waals surface area contributed by atoms with Gasteiger partial charge in [-0.2, -0.15) is 0 Å². The van der Waals surface area contributed by atoms with Crippen molar-refractivity contribution in [1.82, 2.24) is 4.90 Å². The Bertz CT molecular complexity index is 519. The average Bonchev–Trinajstić information content (AvgIpc) is 2.73. The summed E-state index contributed by atoms with van der Waals surface area (Å²) in [7, 11) is 0. The predicted octanol–water partition coefficient (Wildman–Crippen LogP) is 2.27. The van der Waals surface area contributed by atoms with Crippen LogP contribution in [0.3, 0.4) is 0 Å². The standard InChI is InChI=1S/C15H18FNO3/c1-10-13(18)17(9-15(10,8-16)14(19)20)11(2)12-6-4-3-5-7-12/h3-7,10-11H,8-9H2,1-2H3,(H,19,20)/t10?,11-,15-/m1/s1. The fourth-order valence-corrected chi connectivity index (χ4v) is 2.71. The van der Waals surface area contributed by atoms with Gasteiger partial charge in [0.05, 0.1) is 12.0 Å². The first-order chi connectivity index (χ1) is 9.44. The number of nitrogens with zero attached hydrogens (tertiary/aromatic N) is 1. The van der Waals surface area contributed by atoms with Gasteiger partial charge in [-0.3, -0.25) is 9.59 Å². The number of likely N-dealkylation sites (tertiary alicyclic amines) is 1. The van der Waals surface area contributed by atoms with Crippen LogP contribution in [0.25, 0.3) is 0 Å². The summed E-state index contributed by atoms with van der Waals surface area (Å²) in [5.41, 5.74) is -0.715. The number of carboxylic acids is 1. The molecule has 1 aliphatic rings. The van der Waals surface area contributed by atoms with Gasteiger partial charge in [0.1, 0.15) is 12.1 Å². The Morgan fingerprint density at radius 2 is 2.10 bits per heavy atom. The Morgan fingerprint density at radius 1 is 1.50 bits per heavy atom. The second-order valence-corrected chi connectivity index (χ2v) is 5.37. The SMILES string of the molecule is CC1C(=O)N([C@H](C)c2ccccc2)C[C@@]1(CF)C(=O)O. The molecule has 2 rings (SSSR count). The molecule has 1 heterocycles. The third-order valence-electron chi connectivity index (χ3n) is 4.35. The summed E-state index contributed by atoms with van der Waals surface area (Å²) in [5, 5.41) is 9.30. The van der Waals surface area contributed by atoms with Crippen molar-refractivity contribution in [2.75, 3.05) is 13.2 Å². The molecule has 1 aromatic carbocycles. The minimum Gasteiger partial charge on any atom is -0.481 e. The van der Waals surface area contributed by atoms with Gasteiger partial charge in [0, 0.05) is 6.54 Å². The van der Waals surface area contributed by atoms with Crippen molar-refractivity contribution in [2.24, 2.45) is 11.3 Å². The van der Waals surface area contributed by atoms with Crippen molar-refractivity contribution in [1.29, 1.82) is 0 Å². The van der Waals surface area contributed by atoms with E-state index in [4.69, 9.17) is 0 Å². The maximum Gasteiger partial charge on any atom is 0.314 e. The molecule has 0 spiro atoms. The molecule has 1 fully saturated rings. The number of halogens is 1. The fourth-order valence-electron chi connectivity index (χ4n) is 2.71. The van der Waals surface area contributed by atoms with Crippen LogP contribution >= 0.6 is 0 Å². The molecule has 0 aromatic heterocycles. The summed E-state index contributed by atoms with van der Waals surface area (Å²) in [5.74, 6) is -2.40. The Morgan fingerprint density at radius 3 is 2.55 bits per heavy atom. The first-order valence-electron chi connectivity index (χ1n) is 6.59. The van der Waals surface area contributed by atoms with Crippen molar-refractivity contribution in [3.8, 4) is 0 Å². The number of hydrogen-bond acceptors (Lipinski definition) is 2.